The zero-order valence-corrected chi connectivity index (χ0v) is 12.5. The molecular formula is C18H23NO. The zero-order valence-electron chi connectivity index (χ0n) is 12.5. The third-order valence-electron chi connectivity index (χ3n) is 4.16. The number of Topliss-reactive ketones (excluding diaryl/α,β-unsaturated/α-hetero) is 1. The van der Waals surface area contributed by atoms with Crippen LogP contribution in [0.2, 0.25) is 0 Å². The fraction of sp³-hybridized carbons (Fsp3) is 0.389. The molecule has 20 heavy (non-hydrogen) atoms. The second-order valence-electron chi connectivity index (χ2n) is 6.09. The lowest BCUT2D eigenvalue weighted by molar-refractivity contribution is -0.128. The normalized spacial score (nSPS) is 13.4. The van der Waals surface area contributed by atoms with E-state index in [0.717, 1.165) is 12.0 Å². The van der Waals surface area contributed by atoms with E-state index in [-0.39, 0.29) is 11.2 Å². The van der Waals surface area contributed by atoms with Gasteiger partial charge in [0.25, 0.3) is 0 Å². The van der Waals surface area contributed by atoms with E-state index in [2.05, 4.69) is 30.3 Å². The summed E-state index contributed by atoms with van der Waals surface area (Å²) < 4.78 is 0. The summed E-state index contributed by atoms with van der Waals surface area (Å²) in [5.41, 5.74) is 6.89. The Morgan fingerprint density at radius 3 is 2.45 bits per heavy atom. The van der Waals surface area contributed by atoms with Gasteiger partial charge in [0.15, 0.2) is 5.78 Å². The summed E-state index contributed by atoms with van der Waals surface area (Å²) in [7, 11) is 0. The van der Waals surface area contributed by atoms with E-state index in [4.69, 9.17) is 5.73 Å². The number of ketones is 1. The Bertz CT molecular complexity index is 616. The predicted molar refractivity (Wildman–Crippen MR) is 84.7 cm³/mol. The van der Waals surface area contributed by atoms with Gasteiger partial charge in [0, 0.05) is 5.41 Å². The topological polar surface area (TPSA) is 43.1 Å². The van der Waals surface area contributed by atoms with Crippen LogP contribution in [0.15, 0.2) is 42.5 Å². The molecule has 2 aromatic rings. The first-order valence-corrected chi connectivity index (χ1v) is 7.21. The van der Waals surface area contributed by atoms with Gasteiger partial charge in [0.1, 0.15) is 0 Å². The molecule has 1 unspecified atom stereocenters. The highest BCUT2D eigenvalue weighted by Gasteiger charge is 2.29. The van der Waals surface area contributed by atoms with Gasteiger partial charge < -0.3 is 5.73 Å². The summed E-state index contributed by atoms with van der Waals surface area (Å²) in [4.78, 5) is 12.3. The molecule has 0 aliphatic carbocycles. The second-order valence-corrected chi connectivity index (χ2v) is 6.09. The lowest BCUT2D eigenvalue weighted by atomic mass is 9.80. The molecule has 0 saturated heterocycles. The third kappa shape index (κ3) is 3.07. The van der Waals surface area contributed by atoms with Crippen molar-refractivity contribution in [1.29, 1.82) is 0 Å². The Labute approximate surface area is 121 Å². The van der Waals surface area contributed by atoms with Crippen LogP contribution in [0.5, 0.6) is 0 Å². The molecule has 0 bridgehead atoms. The van der Waals surface area contributed by atoms with E-state index < -0.39 is 6.04 Å². The van der Waals surface area contributed by atoms with Crippen LogP contribution in [0.3, 0.4) is 0 Å². The van der Waals surface area contributed by atoms with Crippen molar-refractivity contribution in [2.45, 2.75) is 39.7 Å². The number of carbonyl (C=O) groups excluding carboxylic acids is 1. The standard InChI is InChI=1S/C18H23NO/c1-4-18(2,3)17(20)16(19)12-13-9-10-14-7-5-6-8-15(14)11-13/h5-11,16H,4,12,19H2,1-3H3. The van der Waals surface area contributed by atoms with Gasteiger partial charge in [-0.05, 0) is 29.2 Å². The van der Waals surface area contributed by atoms with Crippen molar-refractivity contribution in [3.05, 3.63) is 48.0 Å². The first kappa shape index (κ1) is 14.7. The zero-order chi connectivity index (χ0) is 14.8. The highest BCUT2D eigenvalue weighted by Crippen LogP contribution is 2.24. The van der Waals surface area contributed by atoms with E-state index in [9.17, 15) is 4.79 Å². The molecule has 0 spiro atoms. The van der Waals surface area contributed by atoms with Crippen LogP contribution in [0.25, 0.3) is 10.8 Å². The van der Waals surface area contributed by atoms with Crippen molar-refractivity contribution in [2.24, 2.45) is 11.1 Å². The van der Waals surface area contributed by atoms with E-state index in [0.29, 0.717) is 6.42 Å². The van der Waals surface area contributed by atoms with Crippen LogP contribution in [0, 0.1) is 5.41 Å². The van der Waals surface area contributed by atoms with Crippen LogP contribution < -0.4 is 5.73 Å². The molecule has 0 saturated carbocycles. The summed E-state index contributed by atoms with van der Waals surface area (Å²) >= 11 is 0. The van der Waals surface area contributed by atoms with Crippen LogP contribution in [0.4, 0.5) is 0 Å². The Morgan fingerprint density at radius 1 is 1.15 bits per heavy atom. The highest BCUT2D eigenvalue weighted by molar-refractivity contribution is 5.89. The van der Waals surface area contributed by atoms with Crippen molar-refractivity contribution in [1.82, 2.24) is 0 Å². The maximum Gasteiger partial charge on any atom is 0.155 e. The van der Waals surface area contributed by atoms with E-state index in [1.54, 1.807) is 0 Å². The van der Waals surface area contributed by atoms with Gasteiger partial charge in [-0.15, -0.1) is 0 Å². The third-order valence-corrected chi connectivity index (χ3v) is 4.16. The molecule has 106 valence electrons. The molecule has 2 aromatic carbocycles. The Hall–Kier alpha value is -1.67. The molecule has 2 heteroatoms. The lowest BCUT2D eigenvalue weighted by Gasteiger charge is -2.25. The molecular weight excluding hydrogens is 246 g/mol. The van der Waals surface area contributed by atoms with Gasteiger partial charge in [0.2, 0.25) is 0 Å². The first-order valence-electron chi connectivity index (χ1n) is 7.21. The molecule has 0 radical (unpaired) electrons. The van der Waals surface area contributed by atoms with Crippen LogP contribution in [-0.4, -0.2) is 11.8 Å². The Balaban J connectivity index is 2.17. The molecule has 0 aromatic heterocycles. The summed E-state index contributed by atoms with van der Waals surface area (Å²) in [5.74, 6) is 0.146. The number of carbonyl (C=O) groups is 1. The predicted octanol–water partition coefficient (Wildman–Crippen LogP) is 3.71. The molecule has 0 amide bonds. The van der Waals surface area contributed by atoms with Gasteiger partial charge >= 0.3 is 0 Å². The van der Waals surface area contributed by atoms with Crippen LogP contribution in [-0.2, 0) is 11.2 Å². The van der Waals surface area contributed by atoms with Gasteiger partial charge in [-0.2, -0.15) is 0 Å². The maximum absolute atomic E-state index is 12.3. The summed E-state index contributed by atoms with van der Waals surface area (Å²) in [6.07, 6.45) is 1.42. The number of hydrogen-bond donors (Lipinski definition) is 1. The Kier molecular flexibility index (Phi) is 4.24. The summed E-state index contributed by atoms with van der Waals surface area (Å²) in [6, 6.07) is 14.1. The molecule has 0 aliphatic rings. The van der Waals surface area contributed by atoms with Crippen molar-refractivity contribution < 1.29 is 4.79 Å². The van der Waals surface area contributed by atoms with E-state index in [1.165, 1.54) is 10.8 Å². The van der Waals surface area contributed by atoms with Crippen LogP contribution >= 0.6 is 0 Å². The molecule has 2 N–H and O–H groups in total. The van der Waals surface area contributed by atoms with E-state index >= 15 is 0 Å². The van der Waals surface area contributed by atoms with Crippen LogP contribution in [0.1, 0.15) is 32.8 Å². The van der Waals surface area contributed by atoms with Crippen molar-refractivity contribution in [3.63, 3.8) is 0 Å². The fourth-order valence-electron chi connectivity index (χ4n) is 2.39. The average Bonchev–Trinajstić information content (AvgIpc) is 2.46. The number of nitrogens with two attached hydrogens (primary N) is 1. The summed E-state index contributed by atoms with van der Waals surface area (Å²) in [5, 5.41) is 2.41. The van der Waals surface area contributed by atoms with Gasteiger partial charge in [-0.1, -0.05) is 63.2 Å². The monoisotopic (exact) mass is 269 g/mol. The van der Waals surface area contributed by atoms with Crippen molar-refractivity contribution in [3.8, 4) is 0 Å². The van der Waals surface area contributed by atoms with Gasteiger partial charge in [-0.3, -0.25) is 4.79 Å². The quantitative estimate of drug-likeness (QED) is 0.899. The smallest absolute Gasteiger partial charge is 0.155 e. The number of benzene rings is 2. The van der Waals surface area contributed by atoms with Gasteiger partial charge in [-0.25, -0.2) is 0 Å². The summed E-state index contributed by atoms with van der Waals surface area (Å²) in [6.45, 7) is 5.96. The maximum atomic E-state index is 12.3. The molecule has 2 nitrogen and oxygen atoms in total. The van der Waals surface area contributed by atoms with Crippen molar-refractivity contribution >= 4 is 16.6 Å². The number of rotatable bonds is 5. The van der Waals surface area contributed by atoms with E-state index in [1.807, 2.05) is 32.9 Å². The van der Waals surface area contributed by atoms with Crippen molar-refractivity contribution in [2.75, 3.05) is 0 Å². The molecule has 1 atom stereocenters. The largest absolute Gasteiger partial charge is 0.321 e. The fourth-order valence-corrected chi connectivity index (χ4v) is 2.39. The second kappa shape index (κ2) is 5.76. The minimum absolute atomic E-state index is 0.146. The molecule has 0 aliphatic heterocycles. The minimum atomic E-state index is -0.425. The number of hydrogen-bond acceptors (Lipinski definition) is 2. The number of fused-ring (bicyclic) bond motifs is 1. The SMILES string of the molecule is CCC(C)(C)C(=O)C(N)Cc1ccc2ccccc2c1. The average molecular weight is 269 g/mol. The molecule has 2 rings (SSSR count). The minimum Gasteiger partial charge on any atom is -0.321 e. The molecule has 0 fully saturated rings. The first-order chi connectivity index (χ1) is 9.44. The highest BCUT2D eigenvalue weighted by atomic mass is 16.1. The van der Waals surface area contributed by atoms with Gasteiger partial charge in [0.05, 0.1) is 6.04 Å². The molecule has 0 heterocycles. The Morgan fingerprint density at radius 2 is 1.80 bits per heavy atom. The lowest BCUT2D eigenvalue weighted by Crippen LogP contribution is -2.41.